The molecule has 0 aliphatic carbocycles. The van der Waals surface area contributed by atoms with Crippen LogP contribution in [-0.2, 0) is 13.8 Å². The second-order valence-corrected chi connectivity index (χ2v) is 6.51. The van der Waals surface area contributed by atoms with Gasteiger partial charge in [-0.15, -0.1) is 4.52 Å². The molecule has 4 atom stereocenters. The van der Waals surface area contributed by atoms with E-state index in [2.05, 4.69) is 30.3 Å². The van der Waals surface area contributed by atoms with Gasteiger partial charge in [-0.1, -0.05) is 0 Å². The highest BCUT2D eigenvalue weighted by Gasteiger charge is 2.36. The summed E-state index contributed by atoms with van der Waals surface area (Å²) < 4.78 is 21.2. The molecule has 1 aromatic rings. The molecule has 0 aromatic carbocycles. The van der Waals surface area contributed by atoms with Gasteiger partial charge in [-0.25, -0.2) is 4.79 Å². The maximum atomic E-state index is 11.6. The van der Waals surface area contributed by atoms with Crippen LogP contribution in [0, 0.1) is 0 Å². The largest absolute Gasteiger partial charge is 0.566 e. The van der Waals surface area contributed by atoms with Crippen LogP contribution >= 0.6 is 8.25 Å². The highest BCUT2D eigenvalue weighted by atomic mass is 31.1. The van der Waals surface area contributed by atoms with E-state index in [1.807, 2.05) is 0 Å². The Kier molecular flexibility index (Phi) is 9.85. The van der Waals surface area contributed by atoms with Crippen LogP contribution in [0.1, 0.15) is 33.4 Å². The summed E-state index contributed by atoms with van der Waals surface area (Å²) in [6.45, 7) is 10.2. The first-order chi connectivity index (χ1) is 12.3. The number of nitrogens with two attached hydrogens (primary N) is 1. The first kappa shape index (κ1) is 22.6. The lowest BCUT2D eigenvalue weighted by molar-refractivity contribution is -0.894. The predicted octanol–water partition coefficient (Wildman–Crippen LogP) is -1.56. The van der Waals surface area contributed by atoms with Crippen LogP contribution in [0.4, 0.5) is 5.82 Å². The first-order valence-electron chi connectivity index (χ1n) is 8.61. The van der Waals surface area contributed by atoms with Gasteiger partial charge in [0.25, 0.3) is 0 Å². The smallest absolute Gasteiger partial charge is 0.488 e. The molecule has 2 rings (SSSR count). The Morgan fingerprint density at radius 1 is 1.46 bits per heavy atom. The maximum absolute atomic E-state index is 11.6. The van der Waals surface area contributed by atoms with Crippen molar-refractivity contribution in [3.63, 3.8) is 0 Å². The van der Waals surface area contributed by atoms with Crippen LogP contribution in [0.2, 0.25) is 0 Å². The van der Waals surface area contributed by atoms with Crippen molar-refractivity contribution in [2.24, 2.45) is 0 Å². The number of aliphatic hydroxyl groups excluding tert-OH is 1. The molecule has 0 radical (unpaired) electrons. The fourth-order valence-corrected chi connectivity index (χ4v) is 2.83. The van der Waals surface area contributed by atoms with Crippen molar-refractivity contribution < 1.29 is 28.7 Å². The zero-order valence-corrected chi connectivity index (χ0v) is 16.2. The van der Waals surface area contributed by atoms with Crippen LogP contribution in [0.5, 0.6) is 0 Å². The van der Waals surface area contributed by atoms with Crippen LogP contribution in [-0.4, -0.2) is 53.1 Å². The van der Waals surface area contributed by atoms with E-state index in [-0.39, 0.29) is 18.8 Å². The number of aliphatic hydroxyl groups is 1. The number of rotatable bonds is 7. The van der Waals surface area contributed by atoms with E-state index in [1.54, 1.807) is 4.90 Å². The minimum Gasteiger partial charge on any atom is -0.566 e. The summed E-state index contributed by atoms with van der Waals surface area (Å²) in [4.78, 5) is 27.1. The van der Waals surface area contributed by atoms with Crippen molar-refractivity contribution in [1.82, 2.24) is 9.55 Å². The standard InChI is InChI=1S/C9H12N3O6P.C6H15N/c10-7-1-2-12(9(14)11-7)8-3-5(13)6(18-8)4-17-19(15)16;1-4-7(5-2)6-3/h1-2,5-6,8,13H,3-4H2,(H2,10,11,14);4-6H2,1-3H3/p+1/t5-,6+,8+;/m0./s1. The lowest BCUT2D eigenvalue weighted by Crippen LogP contribution is -3.11. The van der Waals surface area contributed by atoms with Crippen LogP contribution < -0.4 is 21.2 Å². The molecule has 11 heteroatoms. The molecule has 0 bridgehead atoms. The molecule has 1 aromatic heterocycles. The van der Waals surface area contributed by atoms with Gasteiger partial charge in [0.05, 0.1) is 25.7 Å². The molecule has 10 nitrogen and oxygen atoms in total. The topological polar surface area (TPSA) is 144 Å². The zero-order chi connectivity index (χ0) is 19.7. The van der Waals surface area contributed by atoms with Gasteiger partial charge >= 0.3 is 13.9 Å². The van der Waals surface area contributed by atoms with Gasteiger partial charge < -0.3 is 25.4 Å². The third-order valence-electron chi connectivity index (χ3n) is 4.21. The third kappa shape index (κ3) is 7.06. The number of ether oxygens (including phenoxy) is 1. The van der Waals surface area contributed by atoms with Crippen molar-refractivity contribution in [3.8, 4) is 0 Å². The summed E-state index contributed by atoms with van der Waals surface area (Å²) in [6.07, 6.45) is -0.936. The minimum absolute atomic E-state index is 0.0861. The SMILES string of the molecule is CC[NH+](CC)CC.Nc1ccn([C@H]2C[C@H](O)[C@@H](CO[P+](=O)[O-])O2)c(=O)n1. The summed E-state index contributed by atoms with van der Waals surface area (Å²) in [5.74, 6) is 0.0861. The Bertz CT molecular complexity index is 619. The molecule has 1 aliphatic rings. The highest BCUT2D eigenvalue weighted by Crippen LogP contribution is 2.29. The van der Waals surface area contributed by atoms with E-state index in [9.17, 15) is 19.4 Å². The van der Waals surface area contributed by atoms with E-state index >= 15 is 0 Å². The van der Waals surface area contributed by atoms with Gasteiger partial charge in [0.2, 0.25) is 0 Å². The van der Waals surface area contributed by atoms with E-state index in [4.69, 9.17) is 10.5 Å². The fraction of sp³-hybridized carbons (Fsp3) is 0.733. The summed E-state index contributed by atoms with van der Waals surface area (Å²) in [5, 5.41) is 9.72. The number of hydrogen-bond acceptors (Lipinski definition) is 8. The van der Waals surface area contributed by atoms with E-state index in [0.717, 1.165) is 0 Å². The molecule has 1 saturated heterocycles. The predicted molar refractivity (Wildman–Crippen MR) is 93.6 cm³/mol. The number of hydrogen-bond donors (Lipinski definition) is 3. The number of nitrogen functional groups attached to an aromatic ring is 1. The van der Waals surface area contributed by atoms with Gasteiger partial charge in [-0.3, -0.25) is 4.57 Å². The van der Waals surface area contributed by atoms with Crippen LogP contribution in [0.3, 0.4) is 0 Å². The summed E-state index contributed by atoms with van der Waals surface area (Å²) >= 11 is 0. The van der Waals surface area contributed by atoms with Crippen molar-refractivity contribution in [2.75, 3.05) is 32.0 Å². The Morgan fingerprint density at radius 2 is 2.08 bits per heavy atom. The number of nitrogens with zero attached hydrogens (tertiary/aromatic N) is 2. The average Bonchev–Trinajstić information content (AvgIpc) is 2.95. The number of aromatic nitrogens is 2. The molecule has 4 N–H and O–H groups in total. The maximum Gasteiger partial charge on any atom is 0.488 e. The first-order valence-corrected chi connectivity index (χ1v) is 9.70. The van der Waals surface area contributed by atoms with Gasteiger partial charge in [-0.2, -0.15) is 4.98 Å². The monoisotopic (exact) mass is 391 g/mol. The molecule has 0 spiro atoms. The molecule has 0 saturated carbocycles. The van der Waals surface area contributed by atoms with E-state index < -0.39 is 32.4 Å². The summed E-state index contributed by atoms with van der Waals surface area (Å²) in [7, 11) is -3.00. The van der Waals surface area contributed by atoms with Crippen molar-refractivity contribution >= 4 is 14.1 Å². The molecule has 1 aliphatic heterocycles. The Labute approximate surface area is 153 Å². The summed E-state index contributed by atoms with van der Waals surface area (Å²) in [6, 6.07) is 1.43. The number of quaternary nitrogens is 1. The van der Waals surface area contributed by atoms with Crippen LogP contribution in [0.15, 0.2) is 17.1 Å². The van der Waals surface area contributed by atoms with Crippen molar-refractivity contribution in [2.45, 2.75) is 45.6 Å². The van der Waals surface area contributed by atoms with E-state index in [0.29, 0.717) is 0 Å². The van der Waals surface area contributed by atoms with Gasteiger partial charge in [0.1, 0.15) is 24.8 Å². The molecule has 148 valence electrons. The molecule has 1 fully saturated rings. The fourth-order valence-electron chi connectivity index (χ4n) is 2.57. The Balaban J connectivity index is 0.000000412. The van der Waals surface area contributed by atoms with Gasteiger partial charge in [0, 0.05) is 12.6 Å². The van der Waals surface area contributed by atoms with Crippen LogP contribution in [0.25, 0.3) is 0 Å². The lowest BCUT2D eigenvalue weighted by Gasteiger charge is -2.14. The zero-order valence-electron chi connectivity index (χ0n) is 15.3. The van der Waals surface area contributed by atoms with Gasteiger partial charge in [-0.05, 0) is 31.4 Å². The quantitative estimate of drug-likeness (QED) is 0.473. The van der Waals surface area contributed by atoms with Crippen molar-refractivity contribution in [3.05, 3.63) is 22.7 Å². The molecule has 1 unspecified atom stereocenters. The Morgan fingerprint density at radius 3 is 2.54 bits per heavy atom. The average molecular weight is 391 g/mol. The molecule has 2 heterocycles. The lowest BCUT2D eigenvalue weighted by atomic mass is 10.2. The molecule has 26 heavy (non-hydrogen) atoms. The minimum atomic E-state index is -3.00. The number of nitrogens with one attached hydrogen (secondary N) is 1. The second-order valence-electron chi connectivity index (χ2n) is 5.80. The third-order valence-corrected chi connectivity index (χ3v) is 4.57. The molecule has 0 amide bonds. The Hall–Kier alpha value is -1.42. The second kappa shape index (κ2) is 11.3. The number of anilines is 1. The normalized spacial score (nSPS) is 22.8. The van der Waals surface area contributed by atoms with E-state index in [1.165, 1.54) is 36.5 Å². The molecular weight excluding hydrogens is 363 g/mol. The highest BCUT2D eigenvalue weighted by molar-refractivity contribution is 7.30. The van der Waals surface area contributed by atoms with Crippen molar-refractivity contribution in [1.29, 1.82) is 0 Å². The summed E-state index contributed by atoms with van der Waals surface area (Å²) in [5.41, 5.74) is 4.76. The van der Waals surface area contributed by atoms with Gasteiger partial charge in [0.15, 0.2) is 0 Å². The molecular formula is C15H28N4O6P+.